The molecule has 134 valence electrons. The molecule has 0 saturated heterocycles. The number of H-pyrrole nitrogens is 1. The summed E-state index contributed by atoms with van der Waals surface area (Å²) in [5.41, 5.74) is 3.14. The lowest BCUT2D eigenvalue weighted by Gasteiger charge is -2.23. The van der Waals surface area contributed by atoms with E-state index in [2.05, 4.69) is 16.4 Å². The van der Waals surface area contributed by atoms with Crippen LogP contribution in [-0.2, 0) is 11.2 Å². The van der Waals surface area contributed by atoms with Crippen LogP contribution in [0.5, 0.6) is 5.75 Å². The molecular weight excluding hydrogens is 332 g/mol. The third-order valence-electron chi connectivity index (χ3n) is 4.74. The number of aromatic amines is 1. The van der Waals surface area contributed by atoms with Crippen molar-refractivity contribution < 1.29 is 13.9 Å². The lowest BCUT2D eigenvalue weighted by molar-refractivity contribution is -0.124. The number of aryl methyl sites for hydroxylation is 2. The van der Waals surface area contributed by atoms with Crippen LogP contribution in [0.4, 0.5) is 0 Å². The van der Waals surface area contributed by atoms with Crippen molar-refractivity contribution in [3.8, 4) is 5.75 Å². The Labute approximate surface area is 150 Å². The average molecular weight is 352 g/mol. The zero-order valence-corrected chi connectivity index (χ0v) is 14.5. The molecule has 1 aliphatic rings. The summed E-state index contributed by atoms with van der Waals surface area (Å²) in [6.07, 6.45) is 4.13. The van der Waals surface area contributed by atoms with Crippen LogP contribution in [0.2, 0.25) is 0 Å². The molecule has 3 aromatic rings. The average Bonchev–Trinajstić information content (AvgIpc) is 3.01. The Bertz CT molecular complexity index is 1020. The Morgan fingerprint density at radius 3 is 3.08 bits per heavy atom. The molecule has 1 amide bonds. The Balaban J connectivity index is 1.46. The zero-order chi connectivity index (χ0) is 18.1. The first-order valence-corrected chi connectivity index (χ1v) is 8.73. The highest BCUT2D eigenvalue weighted by Gasteiger charge is 2.25. The number of rotatable bonds is 4. The minimum absolute atomic E-state index is 0.0423. The van der Waals surface area contributed by atoms with Crippen LogP contribution in [0.15, 0.2) is 45.8 Å². The van der Waals surface area contributed by atoms with E-state index >= 15 is 0 Å². The van der Waals surface area contributed by atoms with E-state index < -0.39 is 0 Å². The predicted molar refractivity (Wildman–Crippen MR) is 97.3 cm³/mol. The van der Waals surface area contributed by atoms with Crippen LogP contribution in [0.25, 0.3) is 10.9 Å². The highest BCUT2D eigenvalue weighted by atomic mass is 16.5. The molecule has 6 nitrogen and oxygen atoms in total. The van der Waals surface area contributed by atoms with Crippen LogP contribution in [-0.4, -0.2) is 17.5 Å². The van der Waals surface area contributed by atoms with E-state index in [0.717, 1.165) is 30.5 Å². The number of carbonyl (C=O) groups excluding carboxylic acids is 1. The van der Waals surface area contributed by atoms with E-state index in [1.807, 2.05) is 18.2 Å². The van der Waals surface area contributed by atoms with Crippen LogP contribution < -0.4 is 15.5 Å². The number of carbonyl (C=O) groups is 1. The molecule has 1 unspecified atom stereocenters. The lowest BCUT2D eigenvalue weighted by Crippen LogP contribution is -2.34. The first kappa shape index (κ1) is 16.4. The van der Waals surface area contributed by atoms with Crippen LogP contribution in [0, 0.1) is 6.92 Å². The second-order valence-electron chi connectivity index (χ2n) is 6.58. The van der Waals surface area contributed by atoms with E-state index in [9.17, 15) is 9.59 Å². The Morgan fingerprint density at radius 1 is 1.38 bits per heavy atom. The minimum atomic E-state index is -0.294. The van der Waals surface area contributed by atoms with Crippen LogP contribution in [0.3, 0.4) is 0 Å². The van der Waals surface area contributed by atoms with Crippen LogP contribution in [0.1, 0.15) is 35.9 Å². The molecule has 0 radical (unpaired) electrons. The van der Waals surface area contributed by atoms with Gasteiger partial charge in [0.15, 0.2) is 6.61 Å². The van der Waals surface area contributed by atoms with Gasteiger partial charge in [-0.15, -0.1) is 0 Å². The number of amides is 1. The van der Waals surface area contributed by atoms with Gasteiger partial charge in [0.25, 0.3) is 5.91 Å². The molecule has 2 aromatic heterocycles. The fraction of sp³-hybridized carbons (Fsp3) is 0.300. The van der Waals surface area contributed by atoms with Crippen molar-refractivity contribution in [2.45, 2.75) is 32.2 Å². The summed E-state index contributed by atoms with van der Waals surface area (Å²) in [6.45, 7) is 1.46. The molecule has 2 heterocycles. The number of hydrogen-bond acceptors (Lipinski definition) is 4. The number of benzene rings is 1. The Hall–Kier alpha value is -3.02. The van der Waals surface area contributed by atoms with Crippen molar-refractivity contribution in [3.63, 3.8) is 0 Å². The molecule has 26 heavy (non-hydrogen) atoms. The molecule has 6 heteroatoms. The topological polar surface area (TPSA) is 84.3 Å². The van der Waals surface area contributed by atoms with Gasteiger partial charge in [0.05, 0.1) is 6.04 Å². The highest BCUT2D eigenvalue weighted by Crippen LogP contribution is 2.34. The Morgan fingerprint density at radius 2 is 2.23 bits per heavy atom. The van der Waals surface area contributed by atoms with Gasteiger partial charge in [0.1, 0.15) is 12.0 Å². The minimum Gasteiger partial charge on any atom is -0.477 e. The van der Waals surface area contributed by atoms with E-state index in [1.165, 1.54) is 23.3 Å². The molecule has 1 aromatic carbocycles. The van der Waals surface area contributed by atoms with Crippen molar-refractivity contribution in [1.82, 2.24) is 10.3 Å². The van der Waals surface area contributed by atoms with Gasteiger partial charge in [0, 0.05) is 22.7 Å². The van der Waals surface area contributed by atoms with Crippen molar-refractivity contribution in [1.29, 1.82) is 0 Å². The number of aromatic nitrogens is 1. The van der Waals surface area contributed by atoms with Gasteiger partial charge < -0.3 is 19.5 Å². The van der Waals surface area contributed by atoms with Gasteiger partial charge in [-0.1, -0.05) is 18.2 Å². The van der Waals surface area contributed by atoms with Crippen molar-refractivity contribution in [2.75, 3.05) is 6.61 Å². The smallest absolute Gasteiger partial charge is 0.258 e. The fourth-order valence-electron chi connectivity index (χ4n) is 3.54. The maximum absolute atomic E-state index is 12.3. The van der Waals surface area contributed by atoms with E-state index in [-0.39, 0.29) is 29.7 Å². The number of ether oxygens (including phenoxy) is 1. The zero-order valence-electron chi connectivity index (χ0n) is 14.5. The second-order valence-corrected chi connectivity index (χ2v) is 6.58. The first-order valence-electron chi connectivity index (χ1n) is 8.73. The summed E-state index contributed by atoms with van der Waals surface area (Å²) in [5, 5.41) is 4.23. The summed E-state index contributed by atoms with van der Waals surface area (Å²) >= 11 is 0. The molecule has 0 aliphatic heterocycles. The summed E-state index contributed by atoms with van der Waals surface area (Å²) < 4.78 is 10.5. The Kier molecular flexibility index (Phi) is 4.24. The van der Waals surface area contributed by atoms with Gasteiger partial charge in [-0.05, 0) is 37.8 Å². The summed E-state index contributed by atoms with van der Waals surface area (Å²) in [6, 6.07) is 9.45. The van der Waals surface area contributed by atoms with Crippen molar-refractivity contribution in [2.24, 2.45) is 0 Å². The molecule has 1 atom stereocenters. The van der Waals surface area contributed by atoms with E-state index in [4.69, 9.17) is 9.15 Å². The first-order chi connectivity index (χ1) is 12.6. The quantitative estimate of drug-likeness (QED) is 0.756. The number of nitrogens with one attached hydrogen (secondary N) is 2. The van der Waals surface area contributed by atoms with Gasteiger partial charge in [0.2, 0.25) is 11.2 Å². The highest BCUT2D eigenvalue weighted by molar-refractivity contribution is 5.85. The molecule has 4 rings (SSSR count). The summed E-state index contributed by atoms with van der Waals surface area (Å²) in [7, 11) is 0. The monoisotopic (exact) mass is 352 g/mol. The fourth-order valence-corrected chi connectivity index (χ4v) is 3.54. The number of hydrogen-bond donors (Lipinski definition) is 2. The van der Waals surface area contributed by atoms with Gasteiger partial charge in [-0.3, -0.25) is 9.59 Å². The normalized spacial score (nSPS) is 16.3. The largest absolute Gasteiger partial charge is 0.477 e. The maximum atomic E-state index is 12.3. The van der Waals surface area contributed by atoms with Crippen LogP contribution >= 0.6 is 0 Å². The molecular formula is C20H20N2O4. The second kappa shape index (κ2) is 6.71. The third kappa shape index (κ3) is 3.10. The number of para-hydroxylation sites is 1. The standard InChI is InChI=1S/C20H20N2O4/c1-12-9-17(23)18(10-25-12)26-11-19(24)21-16-8-4-6-14-13-5-2-3-7-15(13)22-20(14)16/h2-3,5,7,9-10,16,22H,4,6,8,11H2,1H3,(H,21,24). The van der Waals surface area contributed by atoms with Crippen molar-refractivity contribution >= 4 is 16.8 Å². The molecule has 1 aliphatic carbocycles. The lowest BCUT2D eigenvalue weighted by atomic mass is 9.91. The summed E-state index contributed by atoms with van der Waals surface area (Å²) in [4.78, 5) is 27.5. The SMILES string of the molecule is Cc1cc(=O)c(OCC(=O)NC2CCCc3c2[nH]c2ccccc32)co1. The van der Waals surface area contributed by atoms with Gasteiger partial charge >= 0.3 is 0 Å². The molecule has 0 saturated carbocycles. The van der Waals surface area contributed by atoms with Gasteiger partial charge in [-0.25, -0.2) is 0 Å². The third-order valence-corrected chi connectivity index (χ3v) is 4.74. The predicted octanol–water partition coefficient (Wildman–Crippen LogP) is 3.00. The van der Waals surface area contributed by atoms with Gasteiger partial charge in [-0.2, -0.15) is 0 Å². The maximum Gasteiger partial charge on any atom is 0.258 e. The molecule has 0 fully saturated rings. The van der Waals surface area contributed by atoms with E-state index in [0.29, 0.717) is 5.76 Å². The molecule has 0 bridgehead atoms. The van der Waals surface area contributed by atoms with Crippen molar-refractivity contribution in [3.05, 3.63) is 63.8 Å². The molecule has 0 spiro atoms. The number of fused-ring (bicyclic) bond motifs is 3. The summed E-state index contributed by atoms with van der Waals surface area (Å²) in [5.74, 6) is 0.280. The molecule has 2 N–H and O–H groups in total. The van der Waals surface area contributed by atoms with E-state index in [1.54, 1.807) is 6.92 Å².